The number of halogens is 1. The van der Waals surface area contributed by atoms with Gasteiger partial charge in [0.25, 0.3) is 0 Å². The summed E-state index contributed by atoms with van der Waals surface area (Å²) >= 11 is 7.79. The highest BCUT2D eigenvalue weighted by atomic mass is 35.5. The van der Waals surface area contributed by atoms with E-state index in [0.717, 1.165) is 28.6 Å². The Bertz CT molecular complexity index is 581. The average Bonchev–Trinajstić information content (AvgIpc) is 2.91. The van der Waals surface area contributed by atoms with Gasteiger partial charge in [-0.3, -0.25) is 0 Å². The van der Waals surface area contributed by atoms with E-state index in [2.05, 4.69) is 23.5 Å². The Morgan fingerprint density at radius 3 is 3.16 bits per heavy atom. The van der Waals surface area contributed by atoms with Crippen molar-refractivity contribution in [2.45, 2.75) is 25.8 Å². The van der Waals surface area contributed by atoms with Crippen LogP contribution < -0.4 is 10.1 Å². The lowest BCUT2D eigenvalue weighted by Crippen LogP contribution is -2.06. The van der Waals surface area contributed by atoms with Crippen LogP contribution in [-0.2, 0) is 6.42 Å². The number of anilines is 1. The molecule has 1 atom stereocenters. The normalized spacial score (nSPS) is 17.3. The second kappa shape index (κ2) is 5.43. The van der Waals surface area contributed by atoms with Crippen molar-refractivity contribution in [2.24, 2.45) is 0 Å². The molecule has 4 heteroatoms. The molecule has 2 nitrogen and oxygen atoms in total. The topological polar surface area (TPSA) is 21.3 Å². The number of hydrogen-bond donors (Lipinski definition) is 1. The minimum atomic E-state index is 0.371. The molecule has 0 spiro atoms. The molecule has 0 bridgehead atoms. The van der Waals surface area contributed by atoms with Gasteiger partial charge in [-0.2, -0.15) is 0 Å². The monoisotopic (exact) mass is 293 g/mol. The predicted molar refractivity (Wildman–Crippen MR) is 81.6 cm³/mol. The van der Waals surface area contributed by atoms with E-state index in [0.29, 0.717) is 12.6 Å². The van der Waals surface area contributed by atoms with E-state index in [1.807, 2.05) is 19.1 Å². The number of fused-ring (bicyclic) bond motifs is 1. The van der Waals surface area contributed by atoms with Crippen molar-refractivity contribution >= 4 is 28.6 Å². The van der Waals surface area contributed by atoms with Crippen molar-refractivity contribution in [3.8, 4) is 5.75 Å². The van der Waals surface area contributed by atoms with E-state index in [1.165, 1.54) is 10.4 Å². The Morgan fingerprint density at radius 1 is 1.42 bits per heavy atom. The maximum Gasteiger partial charge on any atom is 0.121 e. The summed E-state index contributed by atoms with van der Waals surface area (Å²) in [7, 11) is 0. The van der Waals surface area contributed by atoms with Gasteiger partial charge in [0.05, 0.1) is 17.0 Å². The van der Waals surface area contributed by atoms with Crippen molar-refractivity contribution in [1.82, 2.24) is 0 Å². The van der Waals surface area contributed by atoms with Gasteiger partial charge in [0.1, 0.15) is 5.75 Å². The molecule has 3 rings (SSSR count). The van der Waals surface area contributed by atoms with E-state index in [1.54, 1.807) is 11.3 Å². The quantitative estimate of drug-likeness (QED) is 0.866. The largest absolute Gasteiger partial charge is 0.494 e. The molecule has 0 saturated carbocycles. The van der Waals surface area contributed by atoms with E-state index in [4.69, 9.17) is 16.3 Å². The molecule has 2 aromatic rings. The van der Waals surface area contributed by atoms with Crippen LogP contribution >= 0.6 is 22.9 Å². The molecule has 19 heavy (non-hydrogen) atoms. The van der Waals surface area contributed by atoms with Crippen molar-refractivity contribution in [3.63, 3.8) is 0 Å². The molecule has 1 aliphatic rings. The number of ether oxygens (including phenoxy) is 1. The first kappa shape index (κ1) is 12.8. The summed E-state index contributed by atoms with van der Waals surface area (Å²) in [6.45, 7) is 2.69. The summed E-state index contributed by atoms with van der Waals surface area (Å²) in [6, 6.07) is 10.6. The maximum absolute atomic E-state index is 6.08. The van der Waals surface area contributed by atoms with Crippen LogP contribution in [0.3, 0.4) is 0 Å². The standard InChI is InChI=1S/C15H16ClNOS/c1-2-18-11-5-3-4-10(8-11)17-13-6-7-14-12(13)9-15(16)19-14/h3-5,8-9,13,17H,2,6-7H2,1H3. The molecule has 0 saturated heterocycles. The van der Waals surface area contributed by atoms with Crippen molar-refractivity contribution in [3.05, 3.63) is 45.1 Å². The van der Waals surface area contributed by atoms with Crippen LogP contribution in [-0.4, -0.2) is 6.61 Å². The number of thiophene rings is 1. The smallest absolute Gasteiger partial charge is 0.121 e. The number of rotatable bonds is 4. The van der Waals surface area contributed by atoms with Crippen molar-refractivity contribution in [1.29, 1.82) is 0 Å². The minimum Gasteiger partial charge on any atom is -0.494 e. The minimum absolute atomic E-state index is 0.371. The lowest BCUT2D eigenvalue weighted by molar-refractivity contribution is 0.340. The summed E-state index contributed by atoms with van der Waals surface area (Å²) in [4.78, 5) is 1.42. The van der Waals surface area contributed by atoms with Crippen LogP contribution in [0.2, 0.25) is 4.34 Å². The molecule has 100 valence electrons. The van der Waals surface area contributed by atoms with Crippen LogP contribution in [0.25, 0.3) is 0 Å². The Kier molecular flexibility index (Phi) is 3.67. The third-order valence-electron chi connectivity index (χ3n) is 3.33. The lowest BCUT2D eigenvalue weighted by Gasteiger charge is -2.15. The predicted octanol–water partition coefficient (Wildman–Crippen LogP) is 4.90. The molecule has 1 unspecified atom stereocenters. The zero-order chi connectivity index (χ0) is 13.2. The first-order valence-electron chi connectivity index (χ1n) is 6.54. The number of benzene rings is 1. The zero-order valence-corrected chi connectivity index (χ0v) is 12.4. The van der Waals surface area contributed by atoms with Gasteiger partial charge in [-0.15, -0.1) is 11.3 Å². The maximum atomic E-state index is 6.08. The Morgan fingerprint density at radius 2 is 2.32 bits per heavy atom. The first-order chi connectivity index (χ1) is 9.26. The summed E-state index contributed by atoms with van der Waals surface area (Å²) in [5.74, 6) is 0.911. The molecule has 1 aromatic carbocycles. The molecule has 0 radical (unpaired) electrons. The molecule has 1 heterocycles. The van der Waals surface area contributed by atoms with Crippen molar-refractivity contribution < 1.29 is 4.74 Å². The Balaban J connectivity index is 1.77. The zero-order valence-electron chi connectivity index (χ0n) is 10.8. The highest BCUT2D eigenvalue weighted by molar-refractivity contribution is 7.16. The summed E-state index contributed by atoms with van der Waals surface area (Å²) in [6.07, 6.45) is 2.26. The third-order valence-corrected chi connectivity index (χ3v) is 4.67. The van der Waals surface area contributed by atoms with Crippen LogP contribution in [0.1, 0.15) is 29.8 Å². The average molecular weight is 294 g/mol. The van der Waals surface area contributed by atoms with Gasteiger partial charge in [-0.05, 0) is 43.5 Å². The van der Waals surface area contributed by atoms with Gasteiger partial charge in [0, 0.05) is 16.6 Å². The SMILES string of the molecule is CCOc1cccc(NC2CCc3sc(Cl)cc32)c1. The molecule has 0 fully saturated rings. The van der Waals surface area contributed by atoms with Crippen LogP contribution in [0.4, 0.5) is 5.69 Å². The fourth-order valence-corrected chi connectivity index (χ4v) is 3.88. The molecule has 0 amide bonds. The fourth-order valence-electron chi connectivity index (χ4n) is 2.52. The molecule has 1 aliphatic carbocycles. The van der Waals surface area contributed by atoms with Gasteiger partial charge >= 0.3 is 0 Å². The van der Waals surface area contributed by atoms with Gasteiger partial charge < -0.3 is 10.1 Å². The molecular weight excluding hydrogens is 278 g/mol. The van der Waals surface area contributed by atoms with E-state index in [9.17, 15) is 0 Å². The third kappa shape index (κ3) is 2.72. The van der Waals surface area contributed by atoms with Crippen LogP contribution in [0, 0.1) is 0 Å². The van der Waals surface area contributed by atoms with Crippen LogP contribution in [0.5, 0.6) is 5.75 Å². The fraction of sp³-hybridized carbons (Fsp3) is 0.333. The first-order valence-corrected chi connectivity index (χ1v) is 7.73. The summed E-state index contributed by atoms with van der Waals surface area (Å²) in [5.41, 5.74) is 2.46. The highest BCUT2D eigenvalue weighted by Crippen LogP contribution is 2.41. The highest BCUT2D eigenvalue weighted by Gasteiger charge is 2.24. The van der Waals surface area contributed by atoms with E-state index < -0.39 is 0 Å². The molecule has 1 N–H and O–H groups in total. The summed E-state index contributed by atoms with van der Waals surface area (Å²) < 4.78 is 6.41. The Labute approximate surface area is 122 Å². The number of nitrogens with one attached hydrogen (secondary N) is 1. The van der Waals surface area contributed by atoms with E-state index in [-0.39, 0.29) is 0 Å². The number of hydrogen-bond acceptors (Lipinski definition) is 3. The lowest BCUT2D eigenvalue weighted by atomic mass is 10.1. The molecular formula is C15H16ClNOS. The molecule has 0 aliphatic heterocycles. The van der Waals surface area contributed by atoms with Crippen molar-refractivity contribution in [2.75, 3.05) is 11.9 Å². The van der Waals surface area contributed by atoms with Gasteiger partial charge in [-0.25, -0.2) is 0 Å². The second-order valence-corrected chi connectivity index (χ2v) is 6.39. The van der Waals surface area contributed by atoms with Gasteiger partial charge in [0.2, 0.25) is 0 Å². The number of aryl methyl sites for hydroxylation is 1. The Hall–Kier alpha value is -1.19. The summed E-state index contributed by atoms with van der Waals surface area (Å²) in [5, 5.41) is 3.58. The molecule has 1 aromatic heterocycles. The van der Waals surface area contributed by atoms with Gasteiger partial charge in [-0.1, -0.05) is 17.7 Å². The van der Waals surface area contributed by atoms with Crippen LogP contribution in [0.15, 0.2) is 30.3 Å². The van der Waals surface area contributed by atoms with E-state index >= 15 is 0 Å². The van der Waals surface area contributed by atoms with Gasteiger partial charge in [0.15, 0.2) is 0 Å². The second-order valence-electron chi connectivity index (χ2n) is 4.63.